The molecule has 0 N–H and O–H groups in total. The van der Waals surface area contributed by atoms with Crippen molar-refractivity contribution in [3.8, 4) is 89.3 Å². The first-order chi connectivity index (χ1) is 26.8. The van der Waals surface area contributed by atoms with Crippen molar-refractivity contribution in [1.82, 2.24) is 9.97 Å². The summed E-state index contributed by atoms with van der Waals surface area (Å²) in [4.78, 5) is 9.50. The average molecular weight is 689 g/mol. The Kier molecular flexibility index (Phi) is 8.99. The number of pyridine rings is 2. The van der Waals surface area contributed by atoms with Crippen LogP contribution < -0.4 is 0 Å². The molecule has 0 bridgehead atoms. The second kappa shape index (κ2) is 14.8. The molecule has 2 nitrogen and oxygen atoms in total. The van der Waals surface area contributed by atoms with E-state index < -0.39 is 0 Å². The van der Waals surface area contributed by atoms with E-state index in [0.29, 0.717) is 0 Å². The topological polar surface area (TPSA) is 25.8 Å². The number of nitrogens with zero attached hydrogens (tertiary/aromatic N) is 2. The van der Waals surface area contributed by atoms with Crippen LogP contribution in [0.4, 0.5) is 0 Å². The lowest BCUT2D eigenvalue weighted by Gasteiger charge is -2.16. The maximum absolute atomic E-state index is 4.75. The van der Waals surface area contributed by atoms with Gasteiger partial charge >= 0.3 is 0 Å². The normalized spacial score (nSPS) is 11.0. The van der Waals surface area contributed by atoms with Crippen molar-refractivity contribution in [3.63, 3.8) is 0 Å². The summed E-state index contributed by atoms with van der Waals surface area (Å²) >= 11 is 0. The highest BCUT2D eigenvalue weighted by molar-refractivity contribution is 5.92. The SMILES string of the molecule is c1ccc(-c2ccc(-c3ccccn3)c(-c3cccc(-c4ccccc4-c4cccc(-c5cc(-c6ccccc6)ccc5-c5ccccn5)c4)c3)c2)cc1. The second-order valence-electron chi connectivity index (χ2n) is 13.4. The first-order valence-electron chi connectivity index (χ1n) is 18.3. The maximum Gasteiger partial charge on any atom is 0.0708 e. The fourth-order valence-electron chi connectivity index (χ4n) is 7.37. The van der Waals surface area contributed by atoms with Gasteiger partial charge in [0, 0.05) is 23.5 Å². The summed E-state index contributed by atoms with van der Waals surface area (Å²) in [5, 5.41) is 0. The van der Waals surface area contributed by atoms with E-state index in [0.717, 1.165) is 55.9 Å². The molecule has 254 valence electrons. The van der Waals surface area contributed by atoms with E-state index in [-0.39, 0.29) is 0 Å². The highest BCUT2D eigenvalue weighted by Gasteiger charge is 2.16. The van der Waals surface area contributed by atoms with Gasteiger partial charge < -0.3 is 0 Å². The number of hydrogen-bond donors (Lipinski definition) is 0. The van der Waals surface area contributed by atoms with E-state index in [2.05, 4.69) is 194 Å². The smallest absolute Gasteiger partial charge is 0.0708 e. The third-order valence-corrected chi connectivity index (χ3v) is 10.0. The van der Waals surface area contributed by atoms with Crippen LogP contribution in [0, 0.1) is 0 Å². The number of benzene rings is 7. The molecule has 9 rings (SSSR count). The van der Waals surface area contributed by atoms with Crippen LogP contribution in [-0.2, 0) is 0 Å². The number of rotatable bonds is 8. The third-order valence-electron chi connectivity index (χ3n) is 10.0. The molecule has 0 radical (unpaired) electrons. The van der Waals surface area contributed by atoms with Crippen molar-refractivity contribution in [3.05, 3.63) is 219 Å². The predicted octanol–water partition coefficient (Wildman–Crippen LogP) is 13.8. The standard InChI is InChI=1S/C52H36N2/c1-3-15-37(16-4-1)39-27-29-47(51-25-9-11-31-53-51)49(35-39)43-21-13-19-41(33-43)45-23-7-8-24-46(45)42-20-14-22-44(34-42)50-36-40(38-17-5-2-6-18-38)28-30-48(50)52-26-10-12-32-54-52/h1-36H. The minimum absolute atomic E-state index is 0.955. The molecule has 0 unspecified atom stereocenters. The Morgan fingerprint density at radius 3 is 0.981 bits per heavy atom. The molecule has 2 heterocycles. The zero-order chi connectivity index (χ0) is 36.1. The zero-order valence-electron chi connectivity index (χ0n) is 29.7. The van der Waals surface area contributed by atoms with Gasteiger partial charge in [-0.15, -0.1) is 0 Å². The minimum atomic E-state index is 0.955. The van der Waals surface area contributed by atoms with Crippen LogP contribution in [0.2, 0.25) is 0 Å². The Morgan fingerprint density at radius 2 is 0.574 bits per heavy atom. The molecule has 0 saturated heterocycles. The largest absolute Gasteiger partial charge is 0.256 e. The van der Waals surface area contributed by atoms with Gasteiger partial charge in [-0.3, -0.25) is 9.97 Å². The van der Waals surface area contributed by atoms with Crippen molar-refractivity contribution in [2.45, 2.75) is 0 Å². The summed E-state index contributed by atoms with van der Waals surface area (Å²) in [6.45, 7) is 0. The fourth-order valence-corrected chi connectivity index (χ4v) is 7.37. The number of hydrogen-bond acceptors (Lipinski definition) is 2. The van der Waals surface area contributed by atoms with Crippen molar-refractivity contribution in [1.29, 1.82) is 0 Å². The molecule has 9 aromatic rings. The molecular weight excluding hydrogens is 653 g/mol. The molecule has 0 atom stereocenters. The van der Waals surface area contributed by atoms with E-state index >= 15 is 0 Å². The Labute approximate surface area is 316 Å². The molecule has 7 aromatic carbocycles. The highest BCUT2D eigenvalue weighted by Crippen LogP contribution is 2.41. The van der Waals surface area contributed by atoms with Gasteiger partial charge in [0.25, 0.3) is 0 Å². The zero-order valence-corrected chi connectivity index (χ0v) is 29.7. The molecule has 0 aliphatic rings. The third kappa shape index (κ3) is 6.65. The van der Waals surface area contributed by atoms with Crippen LogP contribution in [0.5, 0.6) is 0 Å². The first kappa shape index (κ1) is 32.7. The molecule has 2 heteroatoms. The van der Waals surface area contributed by atoms with Gasteiger partial charge in [-0.1, -0.05) is 158 Å². The van der Waals surface area contributed by atoms with Gasteiger partial charge in [-0.25, -0.2) is 0 Å². The molecule has 0 fully saturated rings. The lowest BCUT2D eigenvalue weighted by atomic mass is 9.88. The quantitative estimate of drug-likeness (QED) is 0.159. The van der Waals surface area contributed by atoms with E-state index in [4.69, 9.17) is 9.97 Å². The van der Waals surface area contributed by atoms with Crippen LogP contribution in [-0.4, -0.2) is 9.97 Å². The summed E-state index contributed by atoms with van der Waals surface area (Å²) in [5.41, 5.74) is 18.1. The van der Waals surface area contributed by atoms with Crippen molar-refractivity contribution < 1.29 is 0 Å². The minimum Gasteiger partial charge on any atom is -0.256 e. The van der Waals surface area contributed by atoms with Crippen molar-refractivity contribution >= 4 is 0 Å². The molecule has 0 amide bonds. The van der Waals surface area contributed by atoms with Gasteiger partial charge in [0.05, 0.1) is 11.4 Å². The summed E-state index contributed by atoms with van der Waals surface area (Å²) in [7, 11) is 0. The Bertz CT molecular complexity index is 2500. The lowest BCUT2D eigenvalue weighted by Crippen LogP contribution is -1.92. The number of aromatic nitrogens is 2. The summed E-state index contributed by atoms with van der Waals surface area (Å²) < 4.78 is 0. The predicted molar refractivity (Wildman–Crippen MR) is 226 cm³/mol. The van der Waals surface area contributed by atoms with Gasteiger partial charge in [0.15, 0.2) is 0 Å². The summed E-state index contributed by atoms with van der Waals surface area (Å²) in [6.07, 6.45) is 3.73. The van der Waals surface area contributed by atoms with Gasteiger partial charge in [-0.05, 0) is 115 Å². The molecule has 2 aromatic heterocycles. The highest BCUT2D eigenvalue weighted by atomic mass is 14.7. The van der Waals surface area contributed by atoms with Crippen LogP contribution >= 0.6 is 0 Å². The van der Waals surface area contributed by atoms with E-state index in [9.17, 15) is 0 Å². The molecular formula is C52H36N2. The van der Waals surface area contributed by atoms with E-state index in [1.54, 1.807) is 0 Å². The molecule has 0 spiro atoms. The Morgan fingerprint density at radius 1 is 0.204 bits per heavy atom. The summed E-state index contributed by atoms with van der Waals surface area (Å²) in [6, 6.07) is 73.3. The molecule has 0 aliphatic carbocycles. The van der Waals surface area contributed by atoms with Crippen LogP contribution in [0.25, 0.3) is 89.3 Å². The monoisotopic (exact) mass is 688 g/mol. The fraction of sp³-hybridized carbons (Fsp3) is 0. The summed E-state index contributed by atoms with van der Waals surface area (Å²) in [5.74, 6) is 0. The van der Waals surface area contributed by atoms with Gasteiger partial charge in [0.2, 0.25) is 0 Å². The second-order valence-corrected chi connectivity index (χ2v) is 13.4. The molecule has 54 heavy (non-hydrogen) atoms. The lowest BCUT2D eigenvalue weighted by molar-refractivity contribution is 1.33. The Hall–Kier alpha value is -7.16. The molecule has 0 saturated carbocycles. The van der Waals surface area contributed by atoms with Crippen LogP contribution in [0.3, 0.4) is 0 Å². The average Bonchev–Trinajstić information content (AvgIpc) is 3.27. The van der Waals surface area contributed by atoms with E-state index in [1.165, 1.54) is 33.4 Å². The Balaban J connectivity index is 1.15. The first-order valence-corrected chi connectivity index (χ1v) is 18.3. The maximum atomic E-state index is 4.75. The van der Waals surface area contributed by atoms with Crippen LogP contribution in [0.1, 0.15) is 0 Å². The van der Waals surface area contributed by atoms with E-state index in [1.807, 2.05) is 24.5 Å². The van der Waals surface area contributed by atoms with Crippen molar-refractivity contribution in [2.24, 2.45) is 0 Å². The van der Waals surface area contributed by atoms with Crippen molar-refractivity contribution in [2.75, 3.05) is 0 Å². The molecule has 0 aliphatic heterocycles. The van der Waals surface area contributed by atoms with Gasteiger partial charge in [-0.2, -0.15) is 0 Å². The van der Waals surface area contributed by atoms with Crippen LogP contribution in [0.15, 0.2) is 219 Å². The van der Waals surface area contributed by atoms with Gasteiger partial charge in [0.1, 0.15) is 0 Å².